The number of aromatic nitrogens is 2. The van der Waals surface area contributed by atoms with Crippen molar-refractivity contribution in [2.45, 2.75) is 19.5 Å². The maximum Gasteiger partial charge on any atom is 0.328 e. The Morgan fingerprint density at radius 1 is 1.04 bits per heavy atom. The van der Waals surface area contributed by atoms with E-state index in [-0.39, 0.29) is 18.9 Å². The molecule has 25 heavy (non-hydrogen) atoms. The molecule has 0 unspecified atom stereocenters. The van der Waals surface area contributed by atoms with Gasteiger partial charge in [0.25, 0.3) is 5.56 Å². The van der Waals surface area contributed by atoms with E-state index >= 15 is 0 Å². The summed E-state index contributed by atoms with van der Waals surface area (Å²) in [4.78, 5) is 40.3. The number of rotatable bonds is 5. The molecule has 0 radical (unpaired) electrons. The number of benzene rings is 2. The SMILES string of the molecule is CN(Cc1ccccc1)C(=O)CCn1c(=O)[nH]c(=O)c2ccccc21. The van der Waals surface area contributed by atoms with Gasteiger partial charge in [-0.1, -0.05) is 42.5 Å². The van der Waals surface area contributed by atoms with E-state index < -0.39 is 11.2 Å². The molecule has 2 aromatic carbocycles. The minimum Gasteiger partial charge on any atom is -0.341 e. The second-order valence-electron chi connectivity index (χ2n) is 5.91. The molecule has 6 nitrogen and oxygen atoms in total. The number of nitrogens with one attached hydrogen (secondary N) is 1. The highest BCUT2D eigenvalue weighted by Crippen LogP contribution is 2.08. The van der Waals surface area contributed by atoms with Gasteiger partial charge in [0.15, 0.2) is 0 Å². The average Bonchev–Trinajstić information content (AvgIpc) is 2.62. The van der Waals surface area contributed by atoms with Crippen molar-refractivity contribution in [1.82, 2.24) is 14.5 Å². The summed E-state index contributed by atoms with van der Waals surface area (Å²) >= 11 is 0. The quantitative estimate of drug-likeness (QED) is 0.770. The van der Waals surface area contributed by atoms with Crippen LogP contribution < -0.4 is 11.2 Å². The number of para-hydroxylation sites is 1. The van der Waals surface area contributed by atoms with Crippen LogP contribution in [0.25, 0.3) is 10.9 Å². The summed E-state index contributed by atoms with van der Waals surface area (Å²) in [5.41, 5.74) is 0.673. The van der Waals surface area contributed by atoms with Gasteiger partial charge < -0.3 is 4.90 Å². The van der Waals surface area contributed by atoms with Gasteiger partial charge in [-0.15, -0.1) is 0 Å². The third kappa shape index (κ3) is 3.68. The lowest BCUT2D eigenvalue weighted by atomic mass is 10.2. The molecule has 1 aromatic heterocycles. The third-order valence-electron chi connectivity index (χ3n) is 4.14. The zero-order valence-electron chi connectivity index (χ0n) is 13.9. The van der Waals surface area contributed by atoms with Crippen molar-refractivity contribution in [3.8, 4) is 0 Å². The lowest BCUT2D eigenvalue weighted by Gasteiger charge is -2.18. The lowest BCUT2D eigenvalue weighted by molar-refractivity contribution is -0.130. The van der Waals surface area contributed by atoms with Crippen LogP contribution >= 0.6 is 0 Å². The fourth-order valence-corrected chi connectivity index (χ4v) is 2.81. The molecule has 0 bridgehead atoms. The predicted molar refractivity (Wildman–Crippen MR) is 96.4 cm³/mol. The van der Waals surface area contributed by atoms with Crippen molar-refractivity contribution in [2.75, 3.05) is 7.05 Å². The molecule has 3 rings (SSSR count). The van der Waals surface area contributed by atoms with Crippen LogP contribution in [-0.4, -0.2) is 27.4 Å². The Labute approximate surface area is 144 Å². The third-order valence-corrected chi connectivity index (χ3v) is 4.14. The highest BCUT2D eigenvalue weighted by Gasteiger charge is 2.12. The first kappa shape index (κ1) is 16.7. The average molecular weight is 337 g/mol. The van der Waals surface area contributed by atoms with Crippen LogP contribution in [0.4, 0.5) is 0 Å². The van der Waals surface area contributed by atoms with E-state index in [4.69, 9.17) is 0 Å². The van der Waals surface area contributed by atoms with Crippen LogP contribution in [0.2, 0.25) is 0 Å². The molecule has 0 spiro atoms. The Hall–Kier alpha value is -3.15. The van der Waals surface area contributed by atoms with Gasteiger partial charge in [-0.25, -0.2) is 4.79 Å². The zero-order valence-corrected chi connectivity index (χ0v) is 13.9. The predicted octanol–water partition coefficient (Wildman–Crippen LogP) is 1.74. The van der Waals surface area contributed by atoms with E-state index in [1.807, 2.05) is 30.3 Å². The van der Waals surface area contributed by atoms with E-state index in [2.05, 4.69) is 4.98 Å². The number of aromatic amines is 1. The molecule has 0 aliphatic carbocycles. The van der Waals surface area contributed by atoms with Gasteiger partial charge in [-0.05, 0) is 17.7 Å². The molecule has 0 aliphatic rings. The molecule has 6 heteroatoms. The van der Waals surface area contributed by atoms with Crippen LogP contribution in [0.3, 0.4) is 0 Å². The van der Waals surface area contributed by atoms with E-state index in [9.17, 15) is 14.4 Å². The standard InChI is InChI=1S/C19H19N3O3/c1-21(13-14-7-3-2-4-8-14)17(23)11-12-22-16-10-6-5-9-15(16)18(24)20-19(22)25/h2-10H,11-13H2,1H3,(H,20,24,25). The van der Waals surface area contributed by atoms with Gasteiger partial charge in [-0.3, -0.25) is 19.1 Å². The Balaban J connectivity index is 1.75. The summed E-state index contributed by atoms with van der Waals surface area (Å²) < 4.78 is 1.44. The topological polar surface area (TPSA) is 75.2 Å². The summed E-state index contributed by atoms with van der Waals surface area (Å²) in [6.07, 6.45) is 0.180. The summed E-state index contributed by atoms with van der Waals surface area (Å²) in [5, 5.41) is 0.437. The van der Waals surface area contributed by atoms with Gasteiger partial charge >= 0.3 is 5.69 Å². The number of carbonyl (C=O) groups is 1. The van der Waals surface area contributed by atoms with Gasteiger partial charge in [0, 0.05) is 26.6 Å². The number of aryl methyl sites for hydroxylation is 1. The van der Waals surface area contributed by atoms with Crippen LogP contribution in [0, 0.1) is 0 Å². The van der Waals surface area contributed by atoms with Crippen molar-refractivity contribution in [3.05, 3.63) is 81.0 Å². The summed E-state index contributed by atoms with van der Waals surface area (Å²) in [5.74, 6) is -0.0639. The van der Waals surface area contributed by atoms with Crippen molar-refractivity contribution in [2.24, 2.45) is 0 Å². The second-order valence-corrected chi connectivity index (χ2v) is 5.91. The summed E-state index contributed by atoms with van der Waals surface area (Å²) in [7, 11) is 1.74. The fraction of sp³-hybridized carbons (Fsp3) is 0.211. The smallest absolute Gasteiger partial charge is 0.328 e. The maximum atomic E-state index is 12.4. The molecule has 1 amide bonds. The Kier molecular flexibility index (Phi) is 4.79. The number of H-pyrrole nitrogens is 1. The molecule has 0 saturated carbocycles. The van der Waals surface area contributed by atoms with E-state index in [0.29, 0.717) is 17.4 Å². The fourth-order valence-electron chi connectivity index (χ4n) is 2.81. The number of carbonyl (C=O) groups excluding carboxylic acids is 1. The summed E-state index contributed by atoms with van der Waals surface area (Å²) in [6.45, 7) is 0.731. The number of amides is 1. The molecule has 0 aliphatic heterocycles. The van der Waals surface area contributed by atoms with Gasteiger partial charge in [0.05, 0.1) is 10.9 Å². The Morgan fingerprint density at radius 2 is 1.72 bits per heavy atom. The van der Waals surface area contributed by atoms with Crippen LogP contribution in [0.1, 0.15) is 12.0 Å². The molecule has 0 atom stereocenters. The number of hydrogen-bond donors (Lipinski definition) is 1. The molecule has 1 N–H and O–H groups in total. The molecular weight excluding hydrogens is 318 g/mol. The minimum atomic E-state index is -0.498. The van der Waals surface area contributed by atoms with Crippen molar-refractivity contribution >= 4 is 16.8 Å². The molecule has 128 valence electrons. The zero-order chi connectivity index (χ0) is 17.8. The van der Waals surface area contributed by atoms with E-state index in [0.717, 1.165) is 5.56 Å². The van der Waals surface area contributed by atoms with Crippen molar-refractivity contribution in [1.29, 1.82) is 0 Å². The number of nitrogens with zero attached hydrogens (tertiary/aromatic N) is 2. The van der Waals surface area contributed by atoms with Crippen LogP contribution in [0.15, 0.2) is 64.2 Å². The molecule has 0 fully saturated rings. The van der Waals surface area contributed by atoms with Gasteiger partial charge in [-0.2, -0.15) is 0 Å². The minimum absolute atomic E-state index is 0.0639. The van der Waals surface area contributed by atoms with Crippen LogP contribution in [-0.2, 0) is 17.9 Å². The molecule has 3 aromatic rings. The summed E-state index contributed by atoms with van der Waals surface area (Å²) in [6, 6.07) is 16.6. The van der Waals surface area contributed by atoms with Gasteiger partial charge in [0.2, 0.25) is 5.91 Å². The first-order chi connectivity index (χ1) is 12.1. The van der Waals surface area contributed by atoms with E-state index in [1.54, 1.807) is 36.2 Å². The van der Waals surface area contributed by atoms with Crippen molar-refractivity contribution in [3.63, 3.8) is 0 Å². The normalized spacial score (nSPS) is 10.8. The first-order valence-corrected chi connectivity index (χ1v) is 8.06. The van der Waals surface area contributed by atoms with Crippen molar-refractivity contribution < 1.29 is 4.79 Å². The lowest BCUT2D eigenvalue weighted by Crippen LogP contribution is -2.33. The molecule has 0 saturated heterocycles. The first-order valence-electron chi connectivity index (χ1n) is 8.06. The molecular formula is C19H19N3O3. The molecule has 1 heterocycles. The van der Waals surface area contributed by atoms with Gasteiger partial charge in [0.1, 0.15) is 0 Å². The number of hydrogen-bond acceptors (Lipinski definition) is 3. The monoisotopic (exact) mass is 337 g/mol. The maximum absolute atomic E-state index is 12.4. The highest BCUT2D eigenvalue weighted by molar-refractivity contribution is 5.78. The largest absolute Gasteiger partial charge is 0.341 e. The Morgan fingerprint density at radius 3 is 2.48 bits per heavy atom. The van der Waals surface area contributed by atoms with E-state index in [1.165, 1.54) is 4.57 Å². The second kappa shape index (κ2) is 7.17. The Bertz CT molecular complexity index is 1010. The van der Waals surface area contributed by atoms with Crippen LogP contribution in [0.5, 0.6) is 0 Å². The highest BCUT2D eigenvalue weighted by atomic mass is 16.2. The number of fused-ring (bicyclic) bond motifs is 1.